The van der Waals surface area contributed by atoms with Crippen LogP contribution in [-0.2, 0) is 4.79 Å². The number of nitrogens with zero attached hydrogens (tertiary/aromatic N) is 2. The largest absolute Gasteiger partial charge is 0.486 e. The molecule has 4 N–H and O–H groups in total. The number of benzene rings is 2. The van der Waals surface area contributed by atoms with Gasteiger partial charge in [-0.2, -0.15) is 0 Å². The second kappa shape index (κ2) is 11.8. The van der Waals surface area contributed by atoms with Gasteiger partial charge < -0.3 is 21.1 Å². The third-order valence-corrected chi connectivity index (χ3v) is 6.15. The first-order chi connectivity index (χ1) is 18.3. The molecular weight excluding hydrogens is 492 g/mol. The number of amides is 2. The number of nitrogens with one attached hydrogen (secondary N) is 2. The summed E-state index contributed by atoms with van der Waals surface area (Å²) in [6, 6.07) is 6.96. The predicted molar refractivity (Wildman–Crippen MR) is 141 cm³/mol. The summed E-state index contributed by atoms with van der Waals surface area (Å²) in [5.41, 5.74) is 7.89. The average molecular weight is 522 g/mol. The second-order valence-corrected chi connectivity index (χ2v) is 8.98. The van der Waals surface area contributed by atoms with E-state index in [1.807, 2.05) is 6.92 Å². The number of nitrogens with two attached hydrogens (primary N) is 1. The minimum absolute atomic E-state index is 0.0271. The van der Waals surface area contributed by atoms with Crippen molar-refractivity contribution in [3.8, 4) is 17.0 Å². The summed E-state index contributed by atoms with van der Waals surface area (Å²) < 4.78 is 35.1. The van der Waals surface area contributed by atoms with E-state index < -0.39 is 17.5 Å². The summed E-state index contributed by atoms with van der Waals surface area (Å²) in [5.74, 6) is -1.75. The summed E-state index contributed by atoms with van der Waals surface area (Å²) in [5, 5.41) is 5.29. The molecule has 1 heterocycles. The van der Waals surface area contributed by atoms with Gasteiger partial charge in [-0.05, 0) is 73.6 Å². The van der Waals surface area contributed by atoms with Gasteiger partial charge in [0.2, 0.25) is 5.91 Å². The molecule has 0 spiro atoms. The standard InChI is InChI=1S/C28H29F2N5O3/c1-3-4-5-24(36)32-10-11-38-26-25(33-15-34-27(26)31)21-13-19(29)14-23(16(21)2)35-28(37)20-9-8-18(12-22(20)30)17-6-7-17/h4-5,8-9,12-15,17H,3,6-7,10-11H2,1-2H3,(H,32,36)(H,35,37)(H2,31,33,34). The number of hydrogen-bond acceptors (Lipinski definition) is 6. The van der Waals surface area contributed by atoms with Gasteiger partial charge in [-0.15, -0.1) is 0 Å². The molecule has 4 rings (SSSR count). The lowest BCUT2D eigenvalue weighted by Gasteiger charge is -2.17. The Kier molecular flexibility index (Phi) is 8.30. The topological polar surface area (TPSA) is 119 Å². The lowest BCUT2D eigenvalue weighted by molar-refractivity contribution is -0.116. The average Bonchev–Trinajstić information content (AvgIpc) is 3.73. The lowest BCUT2D eigenvalue weighted by atomic mass is 10.0. The van der Waals surface area contributed by atoms with Crippen LogP contribution in [0.5, 0.6) is 5.75 Å². The first kappa shape index (κ1) is 26.7. The zero-order chi connectivity index (χ0) is 27.2. The van der Waals surface area contributed by atoms with E-state index in [1.165, 1.54) is 30.6 Å². The molecule has 3 aromatic rings. The Morgan fingerprint density at radius 2 is 1.97 bits per heavy atom. The van der Waals surface area contributed by atoms with Crippen molar-refractivity contribution in [1.82, 2.24) is 15.3 Å². The molecule has 1 aliphatic carbocycles. The molecule has 38 heavy (non-hydrogen) atoms. The molecule has 198 valence electrons. The summed E-state index contributed by atoms with van der Waals surface area (Å²) in [6.45, 7) is 3.83. The van der Waals surface area contributed by atoms with Crippen LogP contribution in [-0.4, -0.2) is 34.9 Å². The molecule has 2 amide bonds. The van der Waals surface area contributed by atoms with E-state index in [0.29, 0.717) is 17.0 Å². The summed E-state index contributed by atoms with van der Waals surface area (Å²) in [6.07, 6.45) is 7.15. The van der Waals surface area contributed by atoms with Gasteiger partial charge in [0, 0.05) is 11.3 Å². The number of allylic oxidation sites excluding steroid dienone is 1. The number of halogens is 2. The van der Waals surface area contributed by atoms with Gasteiger partial charge in [-0.25, -0.2) is 18.7 Å². The Bertz CT molecular complexity index is 1390. The first-order valence-electron chi connectivity index (χ1n) is 12.4. The number of aromatic nitrogens is 2. The van der Waals surface area contributed by atoms with Gasteiger partial charge in [-0.1, -0.05) is 19.1 Å². The minimum Gasteiger partial charge on any atom is -0.486 e. The molecule has 0 atom stereocenters. The molecule has 10 heteroatoms. The van der Waals surface area contributed by atoms with Crippen LogP contribution in [0.1, 0.15) is 53.6 Å². The zero-order valence-electron chi connectivity index (χ0n) is 21.2. The van der Waals surface area contributed by atoms with Gasteiger partial charge in [0.15, 0.2) is 11.6 Å². The highest BCUT2D eigenvalue weighted by atomic mass is 19.1. The molecule has 0 saturated heterocycles. The zero-order valence-corrected chi connectivity index (χ0v) is 21.2. The van der Waals surface area contributed by atoms with Crippen LogP contribution >= 0.6 is 0 Å². The third-order valence-electron chi connectivity index (χ3n) is 6.15. The van der Waals surface area contributed by atoms with Crippen molar-refractivity contribution in [2.45, 2.75) is 39.0 Å². The van der Waals surface area contributed by atoms with Gasteiger partial charge in [-0.3, -0.25) is 9.59 Å². The fourth-order valence-electron chi connectivity index (χ4n) is 3.96. The molecule has 0 radical (unpaired) electrons. The van der Waals surface area contributed by atoms with Crippen molar-refractivity contribution in [3.63, 3.8) is 0 Å². The highest BCUT2D eigenvalue weighted by molar-refractivity contribution is 6.05. The van der Waals surface area contributed by atoms with Crippen LogP contribution in [0.2, 0.25) is 0 Å². The Morgan fingerprint density at radius 3 is 2.68 bits per heavy atom. The van der Waals surface area contributed by atoms with E-state index in [9.17, 15) is 18.4 Å². The molecular formula is C28H29F2N5O3. The molecule has 0 aliphatic heterocycles. The molecule has 2 aromatic carbocycles. The molecule has 0 unspecified atom stereocenters. The van der Waals surface area contributed by atoms with Gasteiger partial charge in [0.1, 0.15) is 30.3 Å². The first-order valence-corrected chi connectivity index (χ1v) is 12.4. The Hall–Kier alpha value is -4.34. The van der Waals surface area contributed by atoms with E-state index in [0.717, 1.165) is 30.9 Å². The van der Waals surface area contributed by atoms with Crippen molar-refractivity contribution >= 4 is 23.3 Å². The molecule has 1 aliphatic rings. The number of carbonyl (C=O) groups excluding carboxylic acids is 2. The van der Waals surface area contributed by atoms with Crippen molar-refractivity contribution in [1.29, 1.82) is 0 Å². The van der Waals surface area contributed by atoms with E-state index in [2.05, 4.69) is 20.6 Å². The van der Waals surface area contributed by atoms with Gasteiger partial charge >= 0.3 is 0 Å². The van der Waals surface area contributed by atoms with Crippen LogP contribution in [0.15, 0.2) is 48.8 Å². The number of anilines is 2. The number of carbonyl (C=O) groups is 2. The minimum atomic E-state index is -0.698. The van der Waals surface area contributed by atoms with Crippen LogP contribution in [0, 0.1) is 18.6 Å². The summed E-state index contributed by atoms with van der Waals surface area (Å²) in [7, 11) is 0. The smallest absolute Gasteiger partial charge is 0.258 e. The fourth-order valence-corrected chi connectivity index (χ4v) is 3.96. The molecule has 8 nitrogen and oxygen atoms in total. The van der Waals surface area contributed by atoms with Crippen LogP contribution in [0.4, 0.5) is 20.3 Å². The number of nitrogen functional groups attached to an aromatic ring is 1. The number of rotatable bonds is 10. The van der Waals surface area contributed by atoms with Crippen LogP contribution in [0.25, 0.3) is 11.3 Å². The molecule has 1 saturated carbocycles. The quantitative estimate of drug-likeness (QED) is 0.258. The van der Waals surface area contributed by atoms with Gasteiger partial charge in [0.05, 0.1) is 12.1 Å². The Labute approximate surface area is 219 Å². The summed E-state index contributed by atoms with van der Waals surface area (Å²) >= 11 is 0. The second-order valence-electron chi connectivity index (χ2n) is 8.98. The van der Waals surface area contributed by atoms with Crippen molar-refractivity contribution in [2.75, 3.05) is 24.2 Å². The molecule has 0 bridgehead atoms. The highest BCUT2D eigenvalue weighted by Gasteiger charge is 2.25. The maximum Gasteiger partial charge on any atom is 0.258 e. The van der Waals surface area contributed by atoms with E-state index >= 15 is 0 Å². The maximum absolute atomic E-state index is 14.7. The Balaban J connectivity index is 1.55. The molecule has 1 fully saturated rings. The fraction of sp³-hybridized carbons (Fsp3) is 0.286. The lowest BCUT2D eigenvalue weighted by Crippen LogP contribution is -2.26. The maximum atomic E-state index is 14.7. The SMILES string of the molecule is CCC=CC(=O)NCCOc1c(N)ncnc1-c1cc(F)cc(NC(=O)c2ccc(C3CC3)cc2F)c1C. The van der Waals surface area contributed by atoms with Crippen molar-refractivity contribution in [3.05, 3.63) is 77.1 Å². The van der Waals surface area contributed by atoms with E-state index in [1.54, 1.807) is 19.1 Å². The van der Waals surface area contributed by atoms with Crippen molar-refractivity contribution in [2.24, 2.45) is 0 Å². The number of ether oxygens (including phenoxy) is 1. The molecule has 1 aromatic heterocycles. The van der Waals surface area contributed by atoms with E-state index in [4.69, 9.17) is 10.5 Å². The summed E-state index contributed by atoms with van der Waals surface area (Å²) in [4.78, 5) is 32.8. The third kappa shape index (κ3) is 6.31. The van der Waals surface area contributed by atoms with E-state index in [-0.39, 0.29) is 47.6 Å². The predicted octanol–water partition coefficient (Wildman–Crippen LogP) is 4.90. The van der Waals surface area contributed by atoms with Crippen molar-refractivity contribution < 1.29 is 23.1 Å². The van der Waals surface area contributed by atoms with Crippen LogP contribution < -0.4 is 21.1 Å². The number of hydrogen-bond donors (Lipinski definition) is 3. The Morgan fingerprint density at radius 1 is 1.18 bits per heavy atom. The monoisotopic (exact) mass is 521 g/mol. The van der Waals surface area contributed by atoms with Gasteiger partial charge in [0.25, 0.3) is 5.91 Å². The normalized spacial score (nSPS) is 12.9. The highest BCUT2D eigenvalue weighted by Crippen LogP contribution is 2.40. The van der Waals surface area contributed by atoms with Crippen LogP contribution in [0.3, 0.4) is 0 Å².